The van der Waals surface area contributed by atoms with Crippen LogP contribution in [0.2, 0.25) is 0 Å². The number of furan rings is 1. The van der Waals surface area contributed by atoms with Crippen LogP contribution in [-0.4, -0.2) is 37.5 Å². The fraction of sp³-hybridized carbons (Fsp3) is 0.273. The highest BCUT2D eigenvalue weighted by Crippen LogP contribution is 2.61. The van der Waals surface area contributed by atoms with E-state index in [1.165, 1.54) is 43.7 Å². The number of rotatable bonds is 9. The van der Waals surface area contributed by atoms with Crippen LogP contribution >= 0.6 is 141 Å². The molecule has 0 saturated carbocycles. The lowest BCUT2D eigenvalue weighted by molar-refractivity contribution is 0.544. The molecular formula is C22H22OS12. The summed E-state index contributed by atoms with van der Waals surface area (Å²) in [4.78, 5) is 0. The monoisotopic (exact) mass is 686 g/mol. The van der Waals surface area contributed by atoms with Gasteiger partial charge in [0.15, 0.2) is 0 Å². The summed E-state index contributed by atoms with van der Waals surface area (Å²) in [6.45, 7) is 0. The van der Waals surface area contributed by atoms with Crippen LogP contribution in [0.4, 0.5) is 0 Å². The van der Waals surface area contributed by atoms with Gasteiger partial charge < -0.3 is 4.42 Å². The topological polar surface area (TPSA) is 13.1 Å². The van der Waals surface area contributed by atoms with Gasteiger partial charge in [0.05, 0.1) is 38.1 Å². The van der Waals surface area contributed by atoms with Gasteiger partial charge >= 0.3 is 0 Å². The normalized spacial score (nSPS) is 18.6. The van der Waals surface area contributed by atoms with Gasteiger partial charge in [-0.15, -0.1) is 70.6 Å². The molecule has 188 valence electrons. The molecule has 0 aliphatic carbocycles. The molecule has 0 atom stereocenters. The lowest BCUT2D eigenvalue weighted by atomic mass is 10.2. The average molecular weight is 687 g/mol. The standard InChI is InChI=1S/C22H22OS12/c1-24-17-18(25-2)31-14(30-17)9-11-7-8-13(23-11)12(16-34-21(28-5)22(29-6)35-16)10-15-32-19(26-3)20(27-4)33-15/h7-10H,1-6H3. The lowest BCUT2D eigenvalue weighted by Gasteiger charge is -2.06. The van der Waals surface area contributed by atoms with Gasteiger partial charge in [0.25, 0.3) is 0 Å². The van der Waals surface area contributed by atoms with Gasteiger partial charge in [-0.1, -0.05) is 70.6 Å². The molecule has 1 nitrogen and oxygen atoms in total. The molecule has 4 rings (SSSR count). The zero-order valence-corrected chi connectivity index (χ0v) is 29.4. The summed E-state index contributed by atoms with van der Waals surface area (Å²) >= 11 is 22.2. The first kappa shape index (κ1) is 29.9. The van der Waals surface area contributed by atoms with Crippen molar-refractivity contribution in [3.63, 3.8) is 0 Å². The van der Waals surface area contributed by atoms with Gasteiger partial charge in [0.2, 0.25) is 0 Å². The molecule has 1 aromatic rings. The molecule has 0 fully saturated rings. The van der Waals surface area contributed by atoms with Crippen molar-refractivity contribution in [3.05, 3.63) is 67.9 Å². The van der Waals surface area contributed by atoms with Crippen molar-refractivity contribution in [1.82, 2.24) is 0 Å². The molecule has 0 bridgehead atoms. The summed E-state index contributed by atoms with van der Waals surface area (Å²) in [5.41, 5.74) is 1.18. The predicted octanol–water partition coefficient (Wildman–Crippen LogP) is 12.1. The number of hydrogen-bond donors (Lipinski definition) is 0. The van der Waals surface area contributed by atoms with E-state index in [1.807, 2.05) is 141 Å². The Morgan fingerprint density at radius 2 is 1.03 bits per heavy atom. The summed E-state index contributed by atoms with van der Waals surface area (Å²) in [7, 11) is 0. The van der Waals surface area contributed by atoms with Crippen molar-refractivity contribution >= 4 is 153 Å². The fourth-order valence-electron chi connectivity index (χ4n) is 2.86. The van der Waals surface area contributed by atoms with E-state index in [9.17, 15) is 0 Å². The van der Waals surface area contributed by atoms with Gasteiger partial charge in [-0.2, -0.15) is 0 Å². The van der Waals surface area contributed by atoms with Crippen LogP contribution in [0, 0.1) is 0 Å². The SMILES string of the molecule is CSC1=C(SC)SC(=CC(=C2SC(SC)=C(SC)S2)c2ccc(C=C3SC(SC)=C(SC)S3)o2)S1. The van der Waals surface area contributed by atoms with Gasteiger partial charge in [-0.3, -0.25) is 0 Å². The maximum atomic E-state index is 6.47. The molecule has 13 heteroatoms. The first-order valence-corrected chi connectivity index (χ1v) is 22.1. The maximum Gasteiger partial charge on any atom is 0.136 e. The minimum Gasteiger partial charge on any atom is -0.457 e. The molecule has 0 unspecified atom stereocenters. The van der Waals surface area contributed by atoms with Gasteiger partial charge in [-0.25, -0.2) is 0 Å². The predicted molar refractivity (Wildman–Crippen MR) is 189 cm³/mol. The molecule has 0 amide bonds. The summed E-state index contributed by atoms with van der Waals surface area (Å²) in [6, 6.07) is 4.24. The molecule has 0 aromatic carbocycles. The Morgan fingerprint density at radius 3 is 1.49 bits per heavy atom. The van der Waals surface area contributed by atoms with E-state index in [-0.39, 0.29) is 0 Å². The van der Waals surface area contributed by atoms with Crippen molar-refractivity contribution in [2.75, 3.05) is 37.5 Å². The molecule has 3 aliphatic rings. The van der Waals surface area contributed by atoms with Gasteiger partial charge in [0, 0.05) is 11.6 Å². The summed E-state index contributed by atoms with van der Waals surface area (Å²) in [5.74, 6) is 1.84. The second-order valence-corrected chi connectivity index (χ2v) is 19.9. The quantitative estimate of drug-likeness (QED) is 0.245. The third kappa shape index (κ3) is 7.36. The minimum atomic E-state index is 0.907. The Labute approximate surface area is 259 Å². The summed E-state index contributed by atoms with van der Waals surface area (Å²) in [6.07, 6.45) is 17.5. The Bertz CT molecular complexity index is 1110. The minimum absolute atomic E-state index is 0.907. The molecule has 0 spiro atoms. The van der Waals surface area contributed by atoms with Crippen molar-refractivity contribution < 1.29 is 4.42 Å². The Morgan fingerprint density at radius 1 is 0.600 bits per heavy atom. The lowest BCUT2D eigenvalue weighted by Crippen LogP contribution is -1.81. The van der Waals surface area contributed by atoms with Crippen molar-refractivity contribution in [1.29, 1.82) is 0 Å². The second-order valence-electron chi connectivity index (χ2n) is 6.39. The van der Waals surface area contributed by atoms with Crippen LogP contribution in [0.5, 0.6) is 0 Å². The largest absolute Gasteiger partial charge is 0.457 e. The van der Waals surface area contributed by atoms with Crippen LogP contribution in [0.25, 0.3) is 11.6 Å². The highest BCUT2D eigenvalue weighted by atomic mass is 32.3. The molecule has 1 aromatic heterocycles. The molecule has 0 radical (unpaired) electrons. The van der Waals surface area contributed by atoms with Crippen LogP contribution < -0.4 is 0 Å². The van der Waals surface area contributed by atoms with Crippen molar-refractivity contribution in [2.45, 2.75) is 0 Å². The zero-order valence-electron chi connectivity index (χ0n) is 19.6. The average Bonchev–Trinajstić information content (AvgIpc) is 3.67. The first-order valence-electron chi connectivity index (χ1n) is 9.85. The van der Waals surface area contributed by atoms with Crippen LogP contribution in [0.15, 0.2) is 60.8 Å². The zero-order chi connectivity index (χ0) is 24.9. The van der Waals surface area contributed by atoms with E-state index in [2.05, 4.69) is 61.8 Å². The molecule has 35 heavy (non-hydrogen) atoms. The Kier molecular flexibility index (Phi) is 12.4. The van der Waals surface area contributed by atoms with E-state index >= 15 is 0 Å². The van der Waals surface area contributed by atoms with Crippen molar-refractivity contribution in [2.24, 2.45) is 0 Å². The van der Waals surface area contributed by atoms with Gasteiger partial charge in [-0.05, 0) is 55.7 Å². The molecular weight excluding hydrogens is 665 g/mol. The summed E-state index contributed by atoms with van der Waals surface area (Å²) < 4.78 is 18.6. The smallest absolute Gasteiger partial charge is 0.136 e. The maximum absolute atomic E-state index is 6.47. The van der Waals surface area contributed by atoms with E-state index in [4.69, 9.17) is 4.42 Å². The van der Waals surface area contributed by atoms with Crippen LogP contribution in [-0.2, 0) is 0 Å². The molecule has 3 aliphatic heterocycles. The van der Waals surface area contributed by atoms with E-state index in [0.29, 0.717) is 0 Å². The fourth-order valence-corrected chi connectivity index (χ4v) is 17.7. The highest BCUT2D eigenvalue weighted by molar-refractivity contribution is 8.42. The van der Waals surface area contributed by atoms with E-state index in [0.717, 1.165) is 11.5 Å². The van der Waals surface area contributed by atoms with Crippen LogP contribution in [0.3, 0.4) is 0 Å². The third-order valence-electron chi connectivity index (χ3n) is 4.39. The van der Waals surface area contributed by atoms with E-state index in [1.54, 1.807) is 0 Å². The van der Waals surface area contributed by atoms with E-state index < -0.39 is 0 Å². The second kappa shape index (κ2) is 14.5. The third-order valence-corrected chi connectivity index (χ3v) is 19.8. The number of thioether (sulfide) groups is 12. The van der Waals surface area contributed by atoms with Crippen LogP contribution in [0.1, 0.15) is 11.5 Å². The summed E-state index contributed by atoms with van der Waals surface area (Å²) in [5, 5.41) is 0. The highest BCUT2D eigenvalue weighted by Gasteiger charge is 2.27. The molecule has 0 saturated heterocycles. The molecule has 4 heterocycles. The Balaban J connectivity index is 1.65. The Hall–Kier alpha value is 1.92. The van der Waals surface area contributed by atoms with Gasteiger partial charge in [0.1, 0.15) is 11.5 Å². The van der Waals surface area contributed by atoms with Crippen molar-refractivity contribution in [3.8, 4) is 0 Å². The first-order chi connectivity index (χ1) is 17.0. The molecule has 0 N–H and O–H groups in total. The number of hydrogen-bond acceptors (Lipinski definition) is 13. The number of allylic oxidation sites excluding steroid dienone is 2.